The Morgan fingerprint density at radius 1 is 1.56 bits per heavy atom. The van der Waals surface area contributed by atoms with Gasteiger partial charge in [-0.1, -0.05) is 18.7 Å². The van der Waals surface area contributed by atoms with Crippen molar-refractivity contribution in [1.82, 2.24) is 10.6 Å². The van der Waals surface area contributed by atoms with Crippen molar-refractivity contribution in [3.05, 3.63) is 56.9 Å². The van der Waals surface area contributed by atoms with Crippen LogP contribution in [-0.4, -0.2) is 38.9 Å². The van der Waals surface area contributed by atoms with Crippen LogP contribution in [0.2, 0.25) is 0 Å². The van der Waals surface area contributed by atoms with Crippen LogP contribution < -0.4 is 10.6 Å². The molecule has 0 aliphatic carbocycles. The number of nitrogens with zero attached hydrogens (tertiary/aromatic N) is 1. The standard InChI is InChI=1S/C15H14N2O2S2.C4H9NO/c1-3-6-19-15(18)12-9(2)17-14(20)10(8-16)13(12)11-5-4-7-21-11;1-3-6-4-2-5-1/h3-5,7,13,17,20H,1,6H2,2H3;5H,1-4H2. The molecule has 2 aliphatic heterocycles. The van der Waals surface area contributed by atoms with Gasteiger partial charge in [-0.15, -0.1) is 24.0 Å². The lowest BCUT2D eigenvalue weighted by atomic mass is 9.87. The SMILES string of the molecule is C1COCCN1.C=CCOC(=O)C1=C(C)NC(S)=C(C#N)C1c1cccs1. The van der Waals surface area contributed by atoms with Gasteiger partial charge in [0.15, 0.2) is 0 Å². The molecule has 1 saturated heterocycles. The van der Waals surface area contributed by atoms with E-state index in [1.807, 2.05) is 17.5 Å². The molecule has 2 aliphatic rings. The second-order valence-electron chi connectivity index (χ2n) is 5.74. The number of nitriles is 1. The summed E-state index contributed by atoms with van der Waals surface area (Å²) >= 11 is 5.80. The Balaban J connectivity index is 0.000000369. The maximum Gasteiger partial charge on any atom is 0.337 e. The molecule has 0 radical (unpaired) electrons. The first-order valence-corrected chi connectivity index (χ1v) is 9.83. The second-order valence-corrected chi connectivity index (χ2v) is 7.16. The summed E-state index contributed by atoms with van der Waals surface area (Å²) in [4.78, 5) is 13.2. The van der Waals surface area contributed by atoms with Crippen LogP contribution in [0.1, 0.15) is 17.7 Å². The Morgan fingerprint density at radius 3 is 2.78 bits per heavy atom. The number of carbonyl (C=O) groups is 1. The lowest BCUT2D eigenvalue weighted by Gasteiger charge is -2.26. The molecular weight excluding hydrogens is 382 g/mol. The van der Waals surface area contributed by atoms with Gasteiger partial charge in [-0.05, 0) is 18.4 Å². The average Bonchev–Trinajstić information content (AvgIpc) is 3.22. The number of nitrogens with one attached hydrogen (secondary N) is 2. The molecule has 1 atom stereocenters. The molecule has 1 aromatic heterocycles. The molecule has 8 heteroatoms. The number of hydrogen-bond donors (Lipinski definition) is 3. The lowest BCUT2D eigenvalue weighted by Crippen LogP contribution is -2.30. The molecule has 0 spiro atoms. The van der Waals surface area contributed by atoms with E-state index in [0.717, 1.165) is 31.2 Å². The van der Waals surface area contributed by atoms with Crippen molar-refractivity contribution >= 4 is 29.9 Å². The zero-order valence-electron chi connectivity index (χ0n) is 15.2. The summed E-state index contributed by atoms with van der Waals surface area (Å²) in [6.45, 7) is 9.27. The van der Waals surface area contributed by atoms with Crippen molar-refractivity contribution in [2.24, 2.45) is 0 Å². The van der Waals surface area contributed by atoms with Crippen molar-refractivity contribution < 1.29 is 14.3 Å². The molecule has 1 fully saturated rings. The number of esters is 1. The number of ether oxygens (including phenoxy) is 2. The molecule has 144 valence electrons. The topological polar surface area (TPSA) is 83.4 Å². The third-order valence-corrected chi connectivity index (χ3v) is 5.18. The fraction of sp³-hybridized carbons (Fsp3) is 0.368. The smallest absolute Gasteiger partial charge is 0.337 e. The molecule has 0 saturated carbocycles. The summed E-state index contributed by atoms with van der Waals surface area (Å²) < 4.78 is 10.2. The van der Waals surface area contributed by atoms with Gasteiger partial charge in [0.1, 0.15) is 6.61 Å². The maximum atomic E-state index is 12.3. The van der Waals surface area contributed by atoms with Crippen LogP contribution in [0.4, 0.5) is 0 Å². The second kappa shape index (κ2) is 10.9. The molecule has 6 nitrogen and oxygen atoms in total. The Morgan fingerprint density at radius 2 is 2.30 bits per heavy atom. The highest BCUT2D eigenvalue weighted by Gasteiger charge is 2.35. The average molecular weight is 406 g/mol. The number of rotatable bonds is 4. The zero-order valence-corrected chi connectivity index (χ0v) is 16.9. The predicted molar refractivity (Wildman–Crippen MR) is 109 cm³/mol. The van der Waals surface area contributed by atoms with Gasteiger partial charge in [-0.25, -0.2) is 4.79 Å². The summed E-state index contributed by atoms with van der Waals surface area (Å²) in [5, 5.41) is 17.9. The number of hydrogen-bond acceptors (Lipinski definition) is 8. The van der Waals surface area contributed by atoms with Gasteiger partial charge in [0.05, 0.1) is 41.4 Å². The van der Waals surface area contributed by atoms with Gasteiger partial charge >= 0.3 is 5.97 Å². The van der Waals surface area contributed by atoms with E-state index in [4.69, 9.17) is 9.47 Å². The molecule has 1 unspecified atom stereocenters. The molecule has 0 amide bonds. The summed E-state index contributed by atoms with van der Waals surface area (Å²) in [5.74, 6) is -0.895. The van der Waals surface area contributed by atoms with Crippen LogP contribution in [0.25, 0.3) is 0 Å². The molecule has 2 N–H and O–H groups in total. The fourth-order valence-electron chi connectivity index (χ4n) is 2.67. The van der Waals surface area contributed by atoms with Crippen LogP contribution in [0.3, 0.4) is 0 Å². The number of thiophene rings is 1. The van der Waals surface area contributed by atoms with Gasteiger partial charge in [-0.3, -0.25) is 0 Å². The van der Waals surface area contributed by atoms with E-state index in [1.54, 1.807) is 6.92 Å². The zero-order chi connectivity index (χ0) is 19.6. The van der Waals surface area contributed by atoms with Gasteiger partial charge in [0.2, 0.25) is 0 Å². The minimum atomic E-state index is -0.452. The normalized spacial score (nSPS) is 19.4. The highest BCUT2D eigenvalue weighted by molar-refractivity contribution is 7.84. The quantitative estimate of drug-likeness (QED) is 0.406. The molecule has 3 rings (SSSR count). The summed E-state index contributed by atoms with van der Waals surface area (Å²) in [6.07, 6.45) is 1.51. The Kier molecular flexibility index (Phi) is 8.61. The predicted octanol–water partition coefficient (Wildman–Crippen LogP) is 2.71. The number of thiol groups is 1. The third kappa shape index (κ3) is 5.71. The molecular formula is C19H23N3O3S2. The fourth-order valence-corrected chi connectivity index (χ4v) is 3.86. The van der Waals surface area contributed by atoms with Crippen LogP contribution >= 0.6 is 24.0 Å². The van der Waals surface area contributed by atoms with E-state index in [2.05, 4.69) is 35.9 Å². The largest absolute Gasteiger partial charge is 0.458 e. The van der Waals surface area contributed by atoms with E-state index in [1.165, 1.54) is 17.4 Å². The molecule has 0 bridgehead atoms. The van der Waals surface area contributed by atoms with Crippen molar-refractivity contribution in [3.8, 4) is 6.07 Å². The van der Waals surface area contributed by atoms with Gasteiger partial charge in [0.25, 0.3) is 0 Å². The highest BCUT2D eigenvalue weighted by Crippen LogP contribution is 2.40. The van der Waals surface area contributed by atoms with Crippen LogP contribution in [0.15, 0.2) is 52.0 Å². The molecule has 0 aromatic carbocycles. The van der Waals surface area contributed by atoms with Gasteiger partial charge in [-0.2, -0.15) is 5.26 Å². The van der Waals surface area contributed by atoms with E-state index in [9.17, 15) is 10.1 Å². The van der Waals surface area contributed by atoms with Crippen LogP contribution in [0.5, 0.6) is 0 Å². The number of morpholine rings is 1. The molecule has 27 heavy (non-hydrogen) atoms. The highest BCUT2D eigenvalue weighted by atomic mass is 32.1. The summed E-state index contributed by atoms with van der Waals surface area (Å²) in [6, 6.07) is 5.92. The minimum absolute atomic E-state index is 0.131. The number of allylic oxidation sites excluding steroid dienone is 2. The van der Waals surface area contributed by atoms with Crippen molar-refractivity contribution in [2.75, 3.05) is 32.9 Å². The molecule has 3 heterocycles. The first-order valence-electron chi connectivity index (χ1n) is 8.51. The Bertz CT molecular complexity index is 748. The number of carbonyl (C=O) groups excluding carboxylic acids is 1. The Labute approximate surface area is 169 Å². The van der Waals surface area contributed by atoms with Crippen molar-refractivity contribution in [3.63, 3.8) is 0 Å². The van der Waals surface area contributed by atoms with Crippen LogP contribution in [-0.2, 0) is 14.3 Å². The molecule has 1 aromatic rings. The van der Waals surface area contributed by atoms with Gasteiger partial charge < -0.3 is 20.1 Å². The van der Waals surface area contributed by atoms with Crippen molar-refractivity contribution in [2.45, 2.75) is 12.8 Å². The van der Waals surface area contributed by atoms with E-state index in [0.29, 0.717) is 21.9 Å². The maximum absolute atomic E-state index is 12.3. The van der Waals surface area contributed by atoms with Gasteiger partial charge in [0, 0.05) is 23.7 Å². The van der Waals surface area contributed by atoms with E-state index >= 15 is 0 Å². The minimum Gasteiger partial charge on any atom is -0.458 e. The number of dihydropyridines is 1. The van der Waals surface area contributed by atoms with Crippen LogP contribution in [0, 0.1) is 11.3 Å². The monoisotopic (exact) mass is 405 g/mol. The summed E-state index contributed by atoms with van der Waals surface area (Å²) in [5.41, 5.74) is 1.50. The van der Waals surface area contributed by atoms with E-state index < -0.39 is 11.9 Å². The lowest BCUT2D eigenvalue weighted by molar-refractivity contribution is -0.138. The van der Waals surface area contributed by atoms with E-state index in [-0.39, 0.29) is 6.61 Å². The first-order chi connectivity index (χ1) is 13.1. The first kappa shape index (κ1) is 21.3. The third-order valence-electron chi connectivity index (χ3n) is 3.89. The summed E-state index contributed by atoms with van der Waals surface area (Å²) in [7, 11) is 0. The van der Waals surface area contributed by atoms with Crippen molar-refractivity contribution in [1.29, 1.82) is 5.26 Å². The Hall–Kier alpha value is -2.05.